The number of carbonyl (C=O) groups is 1. The fourth-order valence-electron chi connectivity index (χ4n) is 3.77. The second-order valence-electron chi connectivity index (χ2n) is 7.58. The lowest BCUT2D eigenvalue weighted by molar-refractivity contribution is -0.131. The molecule has 0 aliphatic carbocycles. The van der Waals surface area contributed by atoms with Crippen molar-refractivity contribution >= 4 is 21.8 Å². The first kappa shape index (κ1) is 22.3. The Labute approximate surface area is 179 Å². The van der Waals surface area contributed by atoms with E-state index in [2.05, 4.69) is 26.5 Å². The Kier molecular flexibility index (Phi) is 7.47. The van der Waals surface area contributed by atoms with Crippen LogP contribution in [0.2, 0.25) is 0 Å². The number of anilines is 1. The molecule has 2 aromatic rings. The minimum Gasteiger partial charge on any atom is -0.337 e. The van der Waals surface area contributed by atoms with Crippen LogP contribution in [-0.4, -0.2) is 57.9 Å². The van der Waals surface area contributed by atoms with E-state index in [0.29, 0.717) is 11.3 Å². The molecule has 30 heavy (non-hydrogen) atoms. The molecule has 8 heteroatoms. The van der Waals surface area contributed by atoms with Crippen molar-refractivity contribution in [1.82, 2.24) is 14.5 Å². The number of rotatable bonds is 9. The zero-order valence-corrected chi connectivity index (χ0v) is 18.4. The van der Waals surface area contributed by atoms with Crippen molar-refractivity contribution in [3.63, 3.8) is 0 Å². The first-order chi connectivity index (χ1) is 14.4. The van der Waals surface area contributed by atoms with Crippen LogP contribution >= 0.6 is 0 Å². The van der Waals surface area contributed by atoms with Gasteiger partial charge in [-0.1, -0.05) is 48.5 Å². The maximum absolute atomic E-state index is 13.2. The number of likely N-dealkylation sites (tertiary alicyclic amines) is 1. The van der Waals surface area contributed by atoms with Gasteiger partial charge in [0.2, 0.25) is 5.91 Å². The van der Waals surface area contributed by atoms with Gasteiger partial charge in [-0.3, -0.25) is 9.52 Å². The van der Waals surface area contributed by atoms with Crippen LogP contribution in [0.15, 0.2) is 54.6 Å². The van der Waals surface area contributed by atoms with Crippen molar-refractivity contribution in [2.45, 2.75) is 25.3 Å². The van der Waals surface area contributed by atoms with Gasteiger partial charge in [0.25, 0.3) is 10.2 Å². The number of likely N-dealkylation sites (N-methyl/N-ethyl adjacent to an activating group) is 1. The quantitative estimate of drug-likeness (QED) is 0.640. The van der Waals surface area contributed by atoms with Crippen LogP contribution in [-0.2, 0) is 21.4 Å². The number of amides is 1. The Morgan fingerprint density at radius 2 is 1.70 bits per heavy atom. The summed E-state index contributed by atoms with van der Waals surface area (Å²) < 4.78 is 28.5. The highest BCUT2D eigenvalue weighted by molar-refractivity contribution is 7.90. The molecular formula is C22H30N4O3S. The van der Waals surface area contributed by atoms with E-state index in [4.69, 9.17) is 0 Å². The van der Waals surface area contributed by atoms with Gasteiger partial charge >= 0.3 is 0 Å². The molecule has 1 saturated heterocycles. The van der Waals surface area contributed by atoms with E-state index in [-0.39, 0.29) is 18.4 Å². The van der Waals surface area contributed by atoms with Crippen molar-refractivity contribution in [1.29, 1.82) is 0 Å². The molecule has 3 rings (SSSR count). The first-order valence-corrected chi connectivity index (χ1v) is 11.7. The number of benzene rings is 2. The number of carbonyl (C=O) groups excluding carboxylic acids is 1. The number of hydrogen-bond acceptors (Lipinski definition) is 4. The molecular weight excluding hydrogens is 400 g/mol. The molecule has 1 heterocycles. The number of nitrogens with zero attached hydrogens (tertiary/aromatic N) is 2. The third-order valence-electron chi connectivity index (χ3n) is 5.55. The van der Waals surface area contributed by atoms with Gasteiger partial charge < -0.3 is 9.80 Å². The van der Waals surface area contributed by atoms with Crippen LogP contribution in [0.3, 0.4) is 0 Å². The summed E-state index contributed by atoms with van der Waals surface area (Å²) in [5, 5.41) is 0. The maximum atomic E-state index is 13.2. The van der Waals surface area contributed by atoms with E-state index in [1.54, 1.807) is 29.2 Å². The van der Waals surface area contributed by atoms with Crippen molar-refractivity contribution in [3.05, 3.63) is 65.7 Å². The molecule has 1 atom stereocenters. The SMILES string of the molecule is CNS(=O)(=O)Nc1ccccc1CC(=O)N(C)[C@@H](CN1CCCC1)c1ccccc1. The summed E-state index contributed by atoms with van der Waals surface area (Å²) >= 11 is 0. The van der Waals surface area contributed by atoms with Crippen LogP contribution in [0.1, 0.15) is 30.0 Å². The highest BCUT2D eigenvalue weighted by Crippen LogP contribution is 2.25. The largest absolute Gasteiger partial charge is 0.337 e. The summed E-state index contributed by atoms with van der Waals surface area (Å²) in [6.45, 7) is 2.90. The lowest BCUT2D eigenvalue weighted by atomic mass is 10.0. The molecule has 162 valence electrons. The zero-order chi connectivity index (χ0) is 21.6. The second kappa shape index (κ2) is 10.1. The van der Waals surface area contributed by atoms with Gasteiger partial charge in [0.05, 0.1) is 18.2 Å². The Morgan fingerprint density at radius 1 is 1.07 bits per heavy atom. The zero-order valence-electron chi connectivity index (χ0n) is 17.5. The summed E-state index contributed by atoms with van der Waals surface area (Å²) in [6, 6.07) is 17.0. The molecule has 7 nitrogen and oxygen atoms in total. The Morgan fingerprint density at radius 3 is 2.37 bits per heavy atom. The van der Waals surface area contributed by atoms with E-state index in [1.165, 1.54) is 19.9 Å². The third kappa shape index (κ3) is 5.81. The molecule has 0 aromatic heterocycles. The van der Waals surface area contributed by atoms with Crippen LogP contribution < -0.4 is 9.44 Å². The van der Waals surface area contributed by atoms with Gasteiger partial charge in [0, 0.05) is 20.6 Å². The highest BCUT2D eigenvalue weighted by atomic mass is 32.2. The predicted molar refractivity (Wildman–Crippen MR) is 119 cm³/mol. The minimum atomic E-state index is -3.66. The Bertz CT molecular complexity index is 944. The summed E-state index contributed by atoms with van der Waals surface area (Å²) in [5.41, 5.74) is 2.15. The van der Waals surface area contributed by atoms with Gasteiger partial charge in [-0.05, 0) is 43.1 Å². The summed E-state index contributed by atoms with van der Waals surface area (Å²) in [7, 11) is -0.488. The molecule has 1 fully saturated rings. The first-order valence-electron chi connectivity index (χ1n) is 10.2. The van der Waals surface area contributed by atoms with Gasteiger partial charge in [0.1, 0.15) is 0 Å². The fourth-order valence-corrected chi connectivity index (χ4v) is 4.36. The average molecular weight is 431 g/mol. The fraction of sp³-hybridized carbons (Fsp3) is 0.409. The molecule has 1 amide bonds. The van der Waals surface area contributed by atoms with E-state index in [9.17, 15) is 13.2 Å². The second-order valence-corrected chi connectivity index (χ2v) is 9.20. The lowest BCUT2D eigenvalue weighted by Gasteiger charge is -2.32. The average Bonchev–Trinajstić information content (AvgIpc) is 3.26. The topological polar surface area (TPSA) is 81.8 Å². The molecule has 2 aromatic carbocycles. The maximum Gasteiger partial charge on any atom is 0.298 e. The summed E-state index contributed by atoms with van der Waals surface area (Å²) in [5.74, 6) is -0.0563. The molecule has 1 aliphatic heterocycles. The number of hydrogen-bond donors (Lipinski definition) is 2. The molecule has 0 spiro atoms. The van der Waals surface area contributed by atoms with Gasteiger partial charge in [-0.25, -0.2) is 4.72 Å². The molecule has 0 radical (unpaired) electrons. The predicted octanol–water partition coefficient (Wildman–Crippen LogP) is 2.40. The van der Waals surface area contributed by atoms with Crippen molar-refractivity contribution in [3.8, 4) is 0 Å². The lowest BCUT2D eigenvalue weighted by Crippen LogP contribution is -2.39. The van der Waals surface area contributed by atoms with Gasteiger partial charge in [-0.2, -0.15) is 8.42 Å². The molecule has 0 unspecified atom stereocenters. The van der Waals surface area contributed by atoms with E-state index in [1.807, 2.05) is 25.2 Å². The minimum absolute atomic E-state index is 0.0563. The third-order valence-corrected chi connectivity index (χ3v) is 6.57. The standard InChI is InChI=1S/C22H30N4O3S/c1-23-30(28,29)24-20-13-7-6-12-19(20)16-22(27)25(2)21(17-26-14-8-9-15-26)18-10-4-3-5-11-18/h3-7,10-13,21,23-24H,8-9,14-17H2,1-2H3/t21-/m0/s1. The van der Waals surface area contributed by atoms with Crippen molar-refractivity contribution < 1.29 is 13.2 Å². The summed E-state index contributed by atoms with van der Waals surface area (Å²) in [4.78, 5) is 17.4. The molecule has 1 aliphatic rings. The summed E-state index contributed by atoms with van der Waals surface area (Å²) in [6.07, 6.45) is 2.50. The van der Waals surface area contributed by atoms with Crippen molar-refractivity contribution in [2.75, 3.05) is 38.5 Å². The van der Waals surface area contributed by atoms with Crippen LogP contribution in [0.5, 0.6) is 0 Å². The highest BCUT2D eigenvalue weighted by Gasteiger charge is 2.26. The van der Waals surface area contributed by atoms with E-state index < -0.39 is 10.2 Å². The van der Waals surface area contributed by atoms with Crippen molar-refractivity contribution in [2.24, 2.45) is 0 Å². The van der Waals surface area contributed by atoms with Gasteiger partial charge in [-0.15, -0.1) is 0 Å². The number of para-hydroxylation sites is 1. The van der Waals surface area contributed by atoms with E-state index >= 15 is 0 Å². The molecule has 0 bridgehead atoms. The van der Waals surface area contributed by atoms with Crippen LogP contribution in [0, 0.1) is 0 Å². The molecule has 2 N–H and O–H groups in total. The monoisotopic (exact) mass is 430 g/mol. The molecule has 0 saturated carbocycles. The Balaban J connectivity index is 1.79. The van der Waals surface area contributed by atoms with E-state index in [0.717, 1.165) is 25.2 Å². The van der Waals surface area contributed by atoms with Gasteiger partial charge in [0.15, 0.2) is 0 Å². The smallest absolute Gasteiger partial charge is 0.298 e. The normalized spacial score (nSPS) is 15.7. The van der Waals surface area contributed by atoms with Crippen LogP contribution in [0.4, 0.5) is 5.69 Å². The Hall–Kier alpha value is -2.42. The number of nitrogens with one attached hydrogen (secondary N) is 2. The van der Waals surface area contributed by atoms with Crippen LogP contribution in [0.25, 0.3) is 0 Å².